The largest absolute Gasteiger partial charge is 0.492 e. The van der Waals surface area contributed by atoms with Gasteiger partial charge in [0.25, 0.3) is 0 Å². The second kappa shape index (κ2) is 8.67. The van der Waals surface area contributed by atoms with Crippen LogP contribution in [0.5, 0.6) is 5.75 Å². The SMILES string of the molecule is COC(=O)c1nc(Cc2ccc(Cl)c(OC)c2F)nc(N(C)c2ccco2)c1Cl. The highest BCUT2D eigenvalue weighted by molar-refractivity contribution is 6.35. The Bertz CT molecular complexity index is 1040. The molecule has 0 amide bonds. The van der Waals surface area contributed by atoms with Gasteiger partial charge in [-0.25, -0.2) is 19.2 Å². The number of halogens is 3. The fourth-order valence-electron chi connectivity index (χ4n) is 2.65. The number of esters is 1. The van der Waals surface area contributed by atoms with Crippen LogP contribution in [0.1, 0.15) is 21.9 Å². The summed E-state index contributed by atoms with van der Waals surface area (Å²) >= 11 is 12.3. The van der Waals surface area contributed by atoms with Gasteiger partial charge >= 0.3 is 5.97 Å². The lowest BCUT2D eigenvalue weighted by Gasteiger charge is -2.18. The summed E-state index contributed by atoms with van der Waals surface area (Å²) in [6.07, 6.45) is 1.44. The molecule has 0 unspecified atom stereocenters. The van der Waals surface area contributed by atoms with Gasteiger partial charge in [0, 0.05) is 19.5 Å². The van der Waals surface area contributed by atoms with Gasteiger partial charge in [-0.3, -0.25) is 4.90 Å². The monoisotopic (exact) mass is 439 g/mol. The Balaban J connectivity index is 2.10. The first-order valence-electron chi connectivity index (χ1n) is 8.30. The minimum absolute atomic E-state index is 0.0198. The molecular formula is C19H16Cl2FN3O4. The van der Waals surface area contributed by atoms with E-state index in [1.54, 1.807) is 24.1 Å². The molecule has 2 aromatic heterocycles. The van der Waals surface area contributed by atoms with Gasteiger partial charge in [-0.05, 0) is 17.7 Å². The van der Waals surface area contributed by atoms with Crippen molar-refractivity contribution < 1.29 is 23.1 Å². The summed E-state index contributed by atoms with van der Waals surface area (Å²) in [7, 11) is 4.18. The van der Waals surface area contributed by atoms with Gasteiger partial charge in [-0.15, -0.1) is 0 Å². The minimum Gasteiger partial charge on any atom is -0.492 e. The number of ether oxygens (including phenoxy) is 2. The van der Waals surface area contributed by atoms with Crippen LogP contribution in [-0.4, -0.2) is 37.2 Å². The first-order chi connectivity index (χ1) is 13.9. The molecule has 2 heterocycles. The maximum Gasteiger partial charge on any atom is 0.358 e. The number of furan rings is 1. The number of nitrogens with zero attached hydrogens (tertiary/aromatic N) is 3. The molecule has 0 saturated heterocycles. The molecule has 0 N–H and O–H groups in total. The lowest BCUT2D eigenvalue weighted by Crippen LogP contribution is -2.17. The third-order valence-electron chi connectivity index (χ3n) is 4.09. The molecule has 0 radical (unpaired) electrons. The van der Waals surface area contributed by atoms with Crippen LogP contribution >= 0.6 is 23.2 Å². The minimum atomic E-state index is -0.748. The van der Waals surface area contributed by atoms with E-state index in [0.717, 1.165) is 0 Å². The predicted octanol–water partition coefficient (Wildman–Crippen LogP) is 4.67. The molecule has 152 valence electrons. The standard InChI is InChI=1S/C19H16Cl2FN3O4/c1-25(13-5-4-8-29-13)18-14(21)16(19(26)28-3)23-12(24-18)9-10-6-7-11(20)17(27-2)15(10)22/h4-8H,9H2,1-3H3. The van der Waals surface area contributed by atoms with Crippen LogP contribution in [-0.2, 0) is 11.2 Å². The van der Waals surface area contributed by atoms with E-state index >= 15 is 0 Å². The summed E-state index contributed by atoms with van der Waals surface area (Å²) in [6.45, 7) is 0. The fourth-order valence-corrected chi connectivity index (χ4v) is 3.16. The summed E-state index contributed by atoms with van der Waals surface area (Å²) in [6, 6.07) is 6.38. The van der Waals surface area contributed by atoms with Crippen molar-refractivity contribution in [2.75, 3.05) is 26.2 Å². The molecule has 29 heavy (non-hydrogen) atoms. The van der Waals surface area contributed by atoms with Gasteiger partial charge in [0.05, 0.1) is 25.5 Å². The van der Waals surface area contributed by atoms with Crippen molar-refractivity contribution in [3.05, 3.63) is 63.5 Å². The second-order valence-corrected chi connectivity index (χ2v) is 6.64. The van der Waals surface area contributed by atoms with E-state index in [2.05, 4.69) is 9.97 Å². The number of hydrogen-bond acceptors (Lipinski definition) is 7. The number of hydrogen-bond donors (Lipinski definition) is 0. The Labute approximate surface area is 176 Å². The number of anilines is 2. The maximum absolute atomic E-state index is 14.7. The van der Waals surface area contributed by atoms with Gasteiger partial charge in [-0.1, -0.05) is 29.3 Å². The zero-order chi connectivity index (χ0) is 21.1. The van der Waals surface area contributed by atoms with E-state index in [1.807, 2.05) is 0 Å². The van der Waals surface area contributed by atoms with Gasteiger partial charge in [0.1, 0.15) is 10.8 Å². The molecule has 10 heteroatoms. The Morgan fingerprint density at radius 3 is 2.62 bits per heavy atom. The lowest BCUT2D eigenvalue weighted by molar-refractivity contribution is 0.0593. The first kappa shape index (κ1) is 20.9. The molecular weight excluding hydrogens is 424 g/mol. The zero-order valence-corrected chi connectivity index (χ0v) is 17.2. The zero-order valence-electron chi connectivity index (χ0n) is 15.7. The third-order valence-corrected chi connectivity index (χ3v) is 4.74. The van der Waals surface area contributed by atoms with Crippen molar-refractivity contribution in [1.29, 1.82) is 0 Å². The Hall–Kier alpha value is -2.84. The van der Waals surface area contributed by atoms with Crippen LogP contribution in [0.15, 0.2) is 34.9 Å². The Morgan fingerprint density at radius 1 is 1.24 bits per heavy atom. The second-order valence-electron chi connectivity index (χ2n) is 5.86. The van der Waals surface area contributed by atoms with E-state index in [1.165, 1.54) is 32.6 Å². The number of rotatable bonds is 6. The quantitative estimate of drug-likeness (QED) is 0.516. The third kappa shape index (κ3) is 4.13. The van der Waals surface area contributed by atoms with E-state index in [4.69, 9.17) is 37.1 Å². The molecule has 0 bridgehead atoms. The molecule has 0 fully saturated rings. The number of benzene rings is 1. The Kier molecular flexibility index (Phi) is 6.24. The van der Waals surface area contributed by atoms with Crippen LogP contribution in [0, 0.1) is 5.82 Å². The topological polar surface area (TPSA) is 77.7 Å². The smallest absolute Gasteiger partial charge is 0.358 e. The highest BCUT2D eigenvalue weighted by Crippen LogP contribution is 2.33. The van der Waals surface area contributed by atoms with Gasteiger partial charge in [0.15, 0.2) is 23.1 Å². The number of methoxy groups -OCH3 is 2. The van der Waals surface area contributed by atoms with Gasteiger partial charge in [-0.2, -0.15) is 0 Å². The fraction of sp³-hybridized carbons (Fsp3) is 0.211. The molecule has 1 aromatic carbocycles. The van der Waals surface area contributed by atoms with E-state index in [0.29, 0.717) is 5.88 Å². The summed E-state index contributed by atoms with van der Waals surface area (Å²) in [4.78, 5) is 22.3. The van der Waals surface area contributed by atoms with Crippen molar-refractivity contribution in [1.82, 2.24) is 9.97 Å². The summed E-state index contributed by atoms with van der Waals surface area (Å²) in [5, 5.41) is 0.118. The van der Waals surface area contributed by atoms with Crippen molar-refractivity contribution in [3.8, 4) is 5.75 Å². The maximum atomic E-state index is 14.7. The molecule has 3 rings (SSSR count). The van der Waals surface area contributed by atoms with Crippen LogP contribution in [0.2, 0.25) is 10.0 Å². The summed E-state index contributed by atoms with van der Waals surface area (Å²) in [5.41, 5.74) is 0.0879. The van der Waals surface area contributed by atoms with Gasteiger partial charge < -0.3 is 13.9 Å². The summed E-state index contributed by atoms with van der Waals surface area (Å²) < 4.78 is 29.8. The normalized spacial score (nSPS) is 10.7. The average Bonchev–Trinajstić information content (AvgIpc) is 3.25. The molecule has 0 aliphatic rings. The van der Waals surface area contributed by atoms with Crippen LogP contribution in [0.4, 0.5) is 16.1 Å². The highest BCUT2D eigenvalue weighted by Gasteiger charge is 2.24. The van der Waals surface area contributed by atoms with Crippen molar-refractivity contribution >= 4 is 40.9 Å². The van der Waals surface area contributed by atoms with E-state index < -0.39 is 11.8 Å². The molecule has 0 aliphatic heterocycles. The van der Waals surface area contributed by atoms with E-state index in [9.17, 15) is 9.18 Å². The van der Waals surface area contributed by atoms with Gasteiger partial charge in [0.2, 0.25) is 5.88 Å². The molecule has 0 atom stereocenters. The molecule has 3 aromatic rings. The van der Waals surface area contributed by atoms with Crippen molar-refractivity contribution in [3.63, 3.8) is 0 Å². The highest BCUT2D eigenvalue weighted by atomic mass is 35.5. The number of carbonyl (C=O) groups is 1. The van der Waals surface area contributed by atoms with Crippen molar-refractivity contribution in [2.45, 2.75) is 6.42 Å². The summed E-state index contributed by atoms with van der Waals surface area (Å²) in [5.74, 6) is -0.688. The van der Waals surface area contributed by atoms with Crippen LogP contribution in [0.25, 0.3) is 0 Å². The Morgan fingerprint density at radius 2 is 2.00 bits per heavy atom. The van der Waals surface area contributed by atoms with Crippen molar-refractivity contribution in [2.24, 2.45) is 0 Å². The number of aromatic nitrogens is 2. The molecule has 0 aliphatic carbocycles. The number of carbonyl (C=O) groups excluding carboxylic acids is 1. The first-order valence-corrected chi connectivity index (χ1v) is 9.05. The van der Waals surface area contributed by atoms with Crippen LogP contribution in [0.3, 0.4) is 0 Å². The molecule has 7 nitrogen and oxygen atoms in total. The lowest BCUT2D eigenvalue weighted by atomic mass is 10.1. The van der Waals surface area contributed by atoms with E-state index in [-0.39, 0.29) is 45.1 Å². The van der Waals surface area contributed by atoms with Crippen LogP contribution < -0.4 is 9.64 Å². The predicted molar refractivity (Wildman–Crippen MR) is 106 cm³/mol. The average molecular weight is 440 g/mol. The molecule has 0 saturated carbocycles. The molecule has 0 spiro atoms.